The first-order valence-electron chi connectivity index (χ1n) is 5.71. The Kier molecular flexibility index (Phi) is 2.60. The van der Waals surface area contributed by atoms with Gasteiger partial charge in [0.2, 0.25) is 0 Å². The normalized spacial score (nSPS) is 16.1. The summed E-state index contributed by atoms with van der Waals surface area (Å²) in [7, 11) is 0. The van der Waals surface area contributed by atoms with Gasteiger partial charge in [-0.05, 0) is 0 Å². The molecule has 0 aliphatic carbocycles. The largest absolute Gasteiger partial charge is 0.396 e. The Morgan fingerprint density at radius 2 is 2.11 bits per heavy atom. The van der Waals surface area contributed by atoms with E-state index < -0.39 is 0 Å². The molecule has 1 fully saturated rings. The van der Waals surface area contributed by atoms with Gasteiger partial charge in [0.1, 0.15) is 5.56 Å². The predicted molar refractivity (Wildman–Crippen MR) is 64.1 cm³/mol. The number of hydrogen-bond acceptors (Lipinski definition) is 5. The smallest absolute Gasteiger partial charge is 0.259 e. The van der Waals surface area contributed by atoms with Crippen molar-refractivity contribution in [3.8, 4) is 0 Å². The highest BCUT2D eigenvalue weighted by molar-refractivity contribution is 5.99. The van der Waals surface area contributed by atoms with Crippen LogP contribution in [0, 0.1) is 0 Å². The molecule has 0 spiro atoms. The number of fused-ring (bicyclic) bond motifs is 1. The SMILES string of the molecule is Nc1cnc2c(C(=O)N3CCOCC3)cnn2c1. The van der Waals surface area contributed by atoms with E-state index in [0.29, 0.717) is 43.2 Å². The van der Waals surface area contributed by atoms with E-state index in [1.165, 1.54) is 16.9 Å². The molecule has 1 aliphatic heterocycles. The van der Waals surface area contributed by atoms with Gasteiger partial charge in [0.25, 0.3) is 5.91 Å². The summed E-state index contributed by atoms with van der Waals surface area (Å²) in [6.07, 6.45) is 4.69. The van der Waals surface area contributed by atoms with E-state index in [0.717, 1.165) is 0 Å². The van der Waals surface area contributed by atoms with Gasteiger partial charge >= 0.3 is 0 Å². The number of anilines is 1. The fraction of sp³-hybridized carbons (Fsp3) is 0.364. The Hall–Kier alpha value is -2.15. The Balaban J connectivity index is 1.96. The average molecular weight is 247 g/mol. The summed E-state index contributed by atoms with van der Waals surface area (Å²) in [5, 5.41) is 4.09. The van der Waals surface area contributed by atoms with E-state index in [9.17, 15) is 4.79 Å². The molecule has 2 aromatic rings. The Morgan fingerprint density at radius 1 is 1.33 bits per heavy atom. The summed E-state index contributed by atoms with van der Waals surface area (Å²) >= 11 is 0. The molecule has 7 nitrogen and oxygen atoms in total. The summed E-state index contributed by atoms with van der Waals surface area (Å²) in [5.41, 5.74) is 7.15. The van der Waals surface area contributed by atoms with Gasteiger partial charge in [-0.25, -0.2) is 9.50 Å². The molecule has 1 amide bonds. The number of nitrogens with two attached hydrogens (primary N) is 1. The predicted octanol–water partition coefficient (Wildman–Crippen LogP) is -0.216. The van der Waals surface area contributed by atoms with Gasteiger partial charge in [-0.1, -0.05) is 0 Å². The fourth-order valence-electron chi connectivity index (χ4n) is 1.98. The topological polar surface area (TPSA) is 85.8 Å². The van der Waals surface area contributed by atoms with E-state index >= 15 is 0 Å². The maximum absolute atomic E-state index is 12.3. The number of nitrogen functional groups attached to an aromatic ring is 1. The van der Waals surface area contributed by atoms with E-state index in [2.05, 4.69) is 10.1 Å². The minimum absolute atomic E-state index is 0.0643. The van der Waals surface area contributed by atoms with Crippen LogP contribution in [0.5, 0.6) is 0 Å². The molecule has 0 saturated carbocycles. The zero-order valence-electron chi connectivity index (χ0n) is 9.74. The van der Waals surface area contributed by atoms with Gasteiger partial charge in [0.15, 0.2) is 5.65 Å². The van der Waals surface area contributed by atoms with Crippen LogP contribution in [0.25, 0.3) is 5.65 Å². The van der Waals surface area contributed by atoms with Gasteiger partial charge in [-0.3, -0.25) is 4.79 Å². The first-order chi connectivity index (χ1) is 8.75. The first-order valence-corrected chi connectivity index (χ1v) is 5.71. The molecule has 0 unspecified atom stereocenters. The number of aromatic nitrogens is 3. The molecule has 94 valence electrons. The second-order valence-electron chi connectivity index (χ2n) is 4.12. The second-order valence-corrected chi connectivity index (χ2v) is 4.12. The highest BCUT2D eigenvalue weighted by atomic mass is 16.5. The quantitative estimate of drug-likeness (QED) is 0.753. The van der Waals surface area contributed by atoms with Crippen molar-refractivity contribution in [1.82, 2.24) is 19.5 Å². The molecule has 0 aromatic carbocycles. The summed E-state index contributed by atoms with van der Waals surface area (Å²) in [5.74, 6) is -0.0643. The van der Waals surface area contributed by atoms with E-state index in [1.807, 2.05) is 0 Å². The lowest BCUT2D eigenvalue weighted by Crippen LogP contribution is -2.40. The zero-order valence-corrected chi connectivity index (χ0v) is 9.74. The number of carbonyl (C=O) groups is 1. The molecule has 0 bridgehead atoms. The third kappa shape index (κ3) is 1.78. The summed E-state index contributed by atoms with van der Waals surface area (Å²) in [6.45, 7) is 2.35. The maximum atomic E-state index is 12.3. The van der Waals surface area contributed by atoms with E-state index in [4.69, 9.17) is 10.5 Å². The van der Waals surface area contributed by atoms with Crippen molar-refractivity contribution in [2.75, 3.05) is 32.0 Å². The number of morpholine rings is 1. The molecule has 2 aromatic heterocycles. The number of amides is 1. The lowest BCUT2D eigenvalue weighted by atomic mass is 10.2. The van der Waals surface area contributed by atoms with E-state index in [-0.39, 0.29) is 5.91 Å². The van der Waals surface area contributed by atoms with Crippen LogP contribution in [0.4, 0.5) is 5.69 Å². The molecular weight excluding hydrogens is 234 g/mol. The minimum atomic E-state index is -0.0643. The van der Waals surface area contributed by atoms with Gasteiger partial charge in [-0.2, -0.15) is 5.10 Å². The van der Waals surface area contributed by atoms with Crippen molar-refractivity contribution in [1.29, 1.82) is 0 Å². The van der Waals surface area contributed by atoms with Crippen LogP contribution in [0.1, 0.15) is 10.4 Å². The molecule has 7 heteroatoms. The van der Waals surface area contributed by atoms with Crippen molar-refractivity contribution in [2.24, 2.45) is 0 Å². The zero-order chi connectivity index (χ0) is 12.5. The number of nitrogens with zero attached hydrogens (tertiary/aromatic N) is 4. The van der Waals surface area contributed by atoms with Gasteiger partial charge in [0, 0.05) is 13.1 Å². The van der Waals surface area contributed by atoms with Crippen LogP contribution in [0.15, 0.2) is 18.6 Å². The highest BCUT2D eigenvalue weighted by Crippen LogP contribution is 2.13. The fourth-order valence-corrected chi connectivity index (χ4v) is 1.98. The lowest BCUT2D eigenvalue weighted by molar-refractivity contribution is 0.0304. The van der Waals surface area contributed by atoms with Crippen molar-refractivity contribution >= 4 is 17.2 Å². The average Bonchev–Trinajstić information content (AvgIpc) is 2.81. The molecule has 1 aliphatic rings. The highest BCUT2D eigenvalue weighted by Gasteiger charge is 2.22. The van der Waals surface area contributed by atoms with Gasteiger partial charge in [-0.15, -0.1) is 0 Å². The Bertz CT molecular complexity index is 588. The van der Waals surface area contributed by atoms with Crippen LogP contribution in [0.3, 0.4) is 0 Å². The maximum Gasteiger partial charge on any atom is 0.259 e. The Labute approximate surface area is 103 Å². The van der Waals surface area contributed by atoms with Crippen LogP contribution in [-0.4, -0.2) is 51.7 Å². The van der Waals surface area contributed by atoms with Crippen LogP contribution in [-0.2, 0) is 4.74 Å². The second kappa shape index (κ2) is 4.26. The standard InChI is InChI=1S/C11H13N5O2/c12-8-5-13-10-9(6-14-16(10)7-8)11(17)15-1-3-18-4-2-15/h5-7H,1-4,12H2. The van der Waals surface area contributed by atoms with Crippen LogP contribution in [0.2, 0.25) is 0 Å². The summed E-state index contributed by atoms with van der Waals surface area (Å²) in [6, 6.07) is 0. The van der Waals surface area contributed by atoms with Gasteiger partial charge < -0.3 is 15.4 Å². The molecule has 3 rings (SSSR count). The third-order valence-electron chi connectivity index (χ3n) is 2.91. The minimum Gasteiger partial charge on any atom is -0.396 e. The molecule has 18 heavy (non-hydrogen) atoms. The molecule has 0 radical (unpaired) electrons. The number of hydrogen-bond donors (Lipinski definition) is 1. The van der Waals surface area contributed by atoms with Crippen LogP contribution >= 0.6 is 0 Å². The molecule has 2 N–H and O–H groups in total. The third-order valence-corrected chi connectivity index (χ3v) is 2.91. The van der Waals surface area contributed by atoms with E-state index in [1.54, 1.807) is 11.1 Å². The van der Waals surface area contributed by atoms with Crippen molar-refractivity contribution in [3.05, 3.63) is 24.2 Å². The molecule has 3 heterocycles. The monoisotopic (exact) mass is 247 g/mol. The van der Waals surface area contributed by atoms with Crippen molar-refractivity contribution < 1.29 is 9.53 Å². The molecule has 1 saturated heterocycles. The summed E-state index contributed by atoms with van der Waals surface area (Å²) in [4.78, 5) is 18.2. The number of carbonyl (C=O) groups excluding carboxylic acids is 1. The lowest BCUT2D eigenvalue weighted by Gasteiger charge is -2.26. The van der Waals surface area contributed by atoms with Crippen LogP contribution < -0.4 is 5.73 Å². The number of ether oxygens (including phenoxy) is 1. The first kappa shape index (κ1) is 11.0. The summed E-state index contributed by atoms with van der Waals surface area (Å²) < 4.78 is 6.74. The Morgan fingerprint density at radius 3 is 2.89 bits per heavy atom. The van der Waals surface area contributed by atoms with Gasteiger partial charge in [0.05, 0.1) is 37.5 Å². The number of rotatable bonds is 1. The molecular formula is C11H13N5O2. The molecule has 0 atom stereocenters. The van der Waals surface area contributed by atoms with Crippen molar-refractivity contribution in [2.45, 2.75) is 0 Å². The van der Waals surface area contributed by atoms with Crippen molar-refractivity contribution in [3.63, 3.8) is 0 Å².